The van der Waals surface area contributed by atoms with Crippen LogP contribution in [0.1, 0.15) is 74.5 Å². The summed E-state index contributed by atoms with van der Waals surface area (Å²) in [6.07, 6.45) is -4.45. The summed E-state index contributed by atoms with van der Waals surface area (Å²) in [7, 11) is 0. The highest BCUT2D eigenvalue weighted by Crippen LogP contribution is 2.41. The molecule has 0 amide bonds. The quantitative estimate of drug-likeness (QED) is 0.118. The molecule has 0 unspecified atom stereocenters. The molecular formula is C37H34F8O2. The van der Waals surface area contributed by atoms with Crippen LogP contribution in [0.15, 0.2) is 78.9 Å². The number of ether oxygens (including phenoxy) is 2. The maximum absolute atomic E-state index is 15.3. The summed E-state index contributed by atoms with van der Waals surface area (Å²) in [6, 6.07) is 17.2. The lowest BCUT2D eigenvalue weighted by molar-refractivity contribution is -0.278. The second-order valence-electron chi connectivity index (χ2n) is 11.9. The summed E-state index contributed by atoms with van der Waals surface area (Å²) in [5.41, 5.74) is 1.43. The molecule has 0 aromatic heterocycles. The Labute approximate surface area is 268 Å². The Kier molecular flexibility index (Phi) is 10.6. The first kappa shape index (κ1) is 34.4. The standard InChI is InChI=1S/C37H34F8O2/c1-2-3-4-5-23-6-19-32(35(40)20-23)36(41,42)46-28-13-7-24(8-14-28)26-11-17-31(33(38)21-26)27-12-18-30(34(39)22-27)25-9-15-29(16-10-25)47-37(43,44)45/h6,9-12,15-22,24,28H,2-5,7-8,13-14H2,1H3. The molecule has 0 saturated heterocycles. The SMILES string of the molecule is CCCCCc1ccc(C(F)(F)OC2CCC(c3ccc(-c4ccc(-c5ccc(OC(F)(F)F)cc5)c(F)c4)c(F)c3)CC2)c(F)c1. The van der Waals surface area contributed by atoms with Crippen LogP contribution >= 0.6 is 0 Å². The number of benzene rings is 4. The van der Waals surface area contributed by atoms with E-state index < -0.39 is 47.3 Å². The van der Waals surface area contributed by atoms with Gasteiger partial charge in [-0.05, 0) is 103 Å². The fraction of sp³-hybridized carbons (Fsp3) is 0.351. The molecule has 1 aliphatic carbocycles. The molecule has 1 fully saturated rings. The van der Waals surface area contributed by atoms with Crippen molar-refractivity contribution in [3.63, 3.8) is 0 Å². The molecule has 0 aliphatic heterocycles. The van der Waals surface area contributed by atoms with Crippen LogP contribution in [0.3, 0.4) is 0 Å². The van der Waals surface area contributed by atoms with Crippen molar-refractivity contribution < 1.29 is 44.6 Å². The van der Waals surface area contributed by atoms with Crippen molar-refractivity contribution in [2.75, 3.05) is 0 Å². The monoisotopic (exact) mass is 662 g/mol. The normalized spacial score (nSPS) is 17.1. The average molecular weight is 663 g/mol. The third kappa shape index (κ3) is 8.71. The highest BCUT2D eigenvalue weighted by molar-refractivity contribution is 5.72. The molecule has 0 heterocycles. The fourth-order valence-corrected chi connectivity index (χ4v) is 6.09. The van der Waals surface area contributed by atoms with Gasteiger partial charge in [-0.2, -0.15) is 8.78 Å². The van der Waals surface area contributed by atoms with Crippen molar-refractivity contribution in [2.45, 2.75) is 82.8 Å². The molecule has 5 rings (SSSR count). The number of hydrogen-bond donors (Lipinski definition) is 0. The van der Waals surface area contributed by atoms with E-state index in [1.54, 1.807) is 6.07 Å². The van der Waals surface area contributed by atoms with Gasteiger partial charge in [0.25, 0.3) is 0 Å². The zero-order chi connectivity index (χ0) is 33.8. The number of unbranched alkanes of at least 4 members (excludes halogenated alkanes) is 2. The Balaban J connectivity index is 1.19. The molecule has 1 aliphatic rings. The lowest BCUT2D eigenvalue weighted by Gasteiger charge is -2.31. The number of alkyl halides is 5. The minimum atomic E-state index is -4.85. The van der Waals surface area contributed by atoms with Crippen molar-refractivity contribution >= 4 is 0 Å². The van der Waals surface area contributed by atoms with Crippen LogP contribution < -0.4 is 4.74 Å². The van der Waals surface area contributed by atoms with E-state index >= 15 is 8.78 Å². The molecular weight excluding hydrogens is 628 g/mol. The van der Waals surface area contributed by atoms with Gasteiger partial charge in [0.1, 0.15) is 23.2 Å². The fourth-order valence-electron chi connectivity index (χ4n) is 6.09. The number of rotatable bonds is 11. The molecule has 0 spiro atoms. The van der Waals surface area contributed by atoms with Crippen LogP contribution in [0.2, 0.25) is 0 Å². The molecule has 0 radical (unpaired) electrons. The Morgan fingerprint density at radius 1 is 0.660 bits per heavy atom. The maximum atomic E-state index is 15.3. The molecule has 1 saturated carbocycles. The van der Waals surface area contributed by atoms with E-state index in [0.717, 1.165) is 49.6 Å². The van der Waals surface area contributed by atoms with Gasteiger partial charge in [-0.15, -0.1) is 13.2 Å². The summed E-state index contributed by atoms with van der Waals surface area (Å²) < 4.78 is 121. The third-order valence-electron chi connectivity index (χ3n) is 8.55. The Hall–Kier alpha value is -3.92. The smallest absolute Gasteiger partial charge is 0.406 e. The summed E-state index contributed by atoms with van der Waals surface area (Å²) in [6.45, 7) is 2.05. The first-order valence-electron chi connectivity index (χ1n) is 15.6. The van der Waals surface area contributed by atoms with Gasteiger partial charge in [-0.1, -0.05) is 62.2 Å². The second kappa shape index (κ2) is 14.5. The van der Waals surface area contributed by atoms with Gasteiger partial charge in [-0.3, -0.25) is 0 Å². The van der Waals surface area contributed by atoms with Gasteiger partial charge in [0.15, 0.2) is 0 Å². The van der Waals surface area contributed by atoms with E-state index in [1.807, 2.05) is 6.92 Å². The topological polar surface area (TPSA) is 18.5 Å². The Bertz CT molecular complexity index is 1660. The molecule has 2 nitrogen and oxygen atoms in total. The van der Waals surface area contributed by atoms with E-state index in [4.69, 9.17) is 4.74 Å². The first-order valence-corrected chi connectivity index (χ1v) is 15.6. The molecule has 0 atom stereocenters. The molecule has 4 aromatic carbocycles. The molecule has 47 heavy (non-hydrogen) atoms. The maximum Gasteiger partial charge on any atom is 0.573 e. The summed E-state index contributed by atoms with van der Waals surface area (Å²) in [5, 5.41) is 0. The van der Waals surface area contributed by atoms with Crippen LogP contribution in [-0.2, 0) is 17.3 Å². The van der Waals surface area contributed by atoms with Gasteiger partial charge < -0.3 is 9.47 Å². The van der Waals surface area contributed by atoms with E-state index in [1.165, 1.54) is 42.5 Å². The predicted molar refractivity (Wildman–Crippen MR) is 164 cm³/mol. The van der Waals surface area contributed by atoms with Crippen LogP contribution in [0.4, 0.5) is 35.1 Å². The van der Waals surface area contributed by atoms with Crippen molar-refractivity contribution in [1.82, 2.24) is 0 Å². The van der Waals surface area contributed by atoms with E-state index in [0.29, 0.717) is 36.0 Å². The van der Waals surface area contributed by atoms with Gasteiger partial charge in [0.05, 0.1) is 11.7 Å². The molecule has 0 bridgehead atoms. The van der Waals surface area contributed by atoms with E-state index in [-0.39, 0.29) is 35.4 Å². The lowest BCUT2D eigenvalue weighted by atomic mass is 9.82. The Morgan fingerprint density at radius 2 is 1.30 bits per heavy atom. The summed E-state index contributed by atoms with van der Waals surface area (Å²) in [4.78, 5) is 0. The number of aryl methyl sites for hydroxylation is 1. The van der Waals surface area contributed by atoms with E-state index in [2.05, 4.69) is 4.74 Å². The zero-order valence-electron chi connectivity index (χ0n) is 25.7. The average Bonchev–Trinajstić information content (AvgIpc) is 3.01. The van der Waals surface area contributed by atoms with Gasteiger partial charge in [0, 0.05) is 11.1 Å². The third-order valence-corrected chi connectivity index (χ3v) is 8.55. The minimum Gasteiger partial charge on any atom is -0.406 e. The summed E-state index contributed by atoms with van der Waals surface area (Å²) in [5.74, 6) is -2.80. The Morgan fingerprint density at radius 3 is 1.91 bits per heavy atom. The molecule has 10 heteroatoms. The van der Waals surface area contributed by atoms with Crippen molar-refractivity contribution in [3.05, 3.63) is 113 Å². The van der Waals surface area contributed by atoms with Crippen LogP contribution in [0, 0.1) is 17.5 Å². The van der Waals surface area contributed by atoms with Crippen LogP contribution in [-0.4, -0.2) is 12.5 Å². The largest absolute Gasteiger partial charge is 0.573 e. The van der Waals surface area contributed by atoms with E-state index in [9.17, 15) is 26.3 Å². The van der Waals surface area contributed by atoms with Crippen molar-refractivity contribution in [2.24, 2.45) is 0 Å². The highest BCUT2D eigenvalue weighted by Gasteiger charge is 2.40. The number of halogens is 8. The van der Waals surface area contributed by atoms with Gasteiger partial charge >= 0.3 is 12.5 Å². The van der Waals surface area contributed by atoms with Crippen LogP contribution in [0.5, 0.6) is 5.75 Å². The predicted octanol–water partition coefficient (Wildman–Crippen LogP) is 11.9. The molecule has 0 N–H and O–H groups in total. The lowest BCUT2D eigenvalue weighted by Crippen LogP contribution is -2.30. The first-order chi connectivity index (χ1) is 22.3. The number of hydrogen-bond acceptors (Lipinski definition) is 2. The second-order valence-corrected chi connectivity index (χ2v) is 11.9. The highest BCUT2D eigenvalue weighted by atomic mass is 19.4. The van der Waals surface area contributed by atoms with Crippen LogP contribution in [0.25, 0.3) is 22.3 Å². The molecule has 250 valence electrons. The minimum absolute atomic E-state index is 0.102. The summed E-state index contributed by atoms with van der Waals surface area (Å²) >= 11 is 0. The van der Waals surface area contributed by atoms with Gasteiger partial charge in [0.2, 0.25) is 0 Å². The van der Waals surface area contributed by atoms with Crippen molar-refractivity contribution in [1.29, 1.82) is 0 Å². The zero-order valence-corrected chi connectivity index (χ0v) is 25.7. The van der Waals surface area contributed by atoms with Gasteiger partial charge in [-0.25, -0.2) is 13.2 Å². The molecule has 4 aromatic rings. The van der Waals surface area contributed by atoms with Crippen molar-refractivity contribution in [3.8, 4) is 28.0 Å².